The summed E-state index contributed by atoms with van der Waals surface area (Å²) in [6.45, 7) is 3.06. The zero-order valence-electron chi connectivity index (χ0n) is 17.1. The van der Waals surface area contributed by atoms with Crippen LogP contribution in [0.25, 0.3) is 16.6 Å². The maximum absolute atomic E-state index is 13.1. The number of carbonyl (C=O) groups excluding carboxylic acids is 1. The minimum Gasteiger partial charge on any atom is -0.497 e. The minimum absolute atomic E-state index is 0.137. The molecule has 30 heavy (non-hydrogen) atoms. The van der Waals surface area contributed by atoms with Gasteiger partial charge in [-0.3, -0.25) is 4.79 Å². The molecule has 0 aliphatic heterocycles. The lowest BCUT2D eigenvalue weighted by molar-refractivity contribution is -0.133. The number of hydrogen-bond acceptors (Lipinski definition) is 5. The van der Waals surface area contributed by atoms with Gasteiger partial charge in [0.05, 0.1) is 12.6 Å². The molecule has 0 radical (unpaired) electrons. The monoisotopic (exact) mass is 401 g/mol. The first-order valence-electron chi connectivity index (χ1n) is 10.1. The molecular formula is C23H23N5O2. The molecule has 0 saturated heterocycles. The van der Waals surface area contributed by atoms with Gasteiger partial charge in [0.1, 0.15) is 5.75 Å². The zero-order chi connectivity index (χ0) is 20.7. The highest BCUT2D eigenvalue weighted by Crippen LogP contribution is 2.33. The predicted molar refractivity (Wildman–Crippen MR) is 113 cm³/mol. The minimum atomic E-state index is 0.137. The highest BCUT2D eigenvalue weighted by atomic mass is 16.5. The standard InChI is InChI=1S/C23H23N5O2/c1-15-3-6-18-12-19(22-24-25-26-28(22)21(18)11-15)14-27(23(29)17-7-8-17)13-16-4-9-20(30-2)10-5-16/h3-6,9-12,17H,7-8,13-14H2,1-2H3. The van der Waals surface area contributed by atoms with Crippen molar-refractivity contribution in [2.45, 2.75) is 32.9 Å². The summed E-state index contributed by atoms with van der Waals surface area (Å²) >= 11 is 0. The van der Waals surface area contributed by atoms with E-state index in [1.165, 1.54) is 0 Å². The Balaban J connectivity index is 1.51. The maximum atomic E-state index is 13.1. The second-order valence-electron chi connectivity index (χ2n) is 7.96. The molecule has 0 bridgehead atoms. The first-order valence-corrected chi connectivity index (χ1v) is 10.1. The Morgan fingerprint density at radius 3 is 2.67 bits per heavy atom. The van der Waals surface area contributed by atoms with Crippen molar-refractivity contribution in [3.63, 3.8) is 0 Å². The van der Waals surface area contributed by atoms with Crippen molar-refractivity contribution in [3.8, 4) is 5.75 Å². The van der Waals surface area contributed by atoms with E-state index in [1.54, 1.807) is 11.6 Å². The number of pyridine rings is 1. The summed E-state index contributed by atoms with van der Waals surface area (Å²) in [5, 5.41) is 13.4. The summed E-state index contributed by atoms with van der Waals surface area (Å²) in [6.07, 6.45) is 1.94. The van der Waals surface area contributed by atoms with Gasteiger partial charge in [-0.15, -0.1) is 5.10 Å². The molecule has 1 saturated carbocycles. The van der Waals surface area contributed by atoms with E-state index in [0.717, 1.165) is 46.2 Å². The van der Waals surface area contributed by atoms with Crippen molar-refractivity contribution < 1.29 is 9.53 Å². The van der Waals surface area contributed by atoms with Crippen LogP contribution in [0.2, 0.25) is 0 Å². The van der Waals surface area contributed by atoms with Gasteiger partial charge in [-0.1, -0.05) is 24.3 Å². The van der Waals surface area contributed by atoms with Crippen molar-refractivity contribution in [2.24, 2.45) is 5.92 Å². The summed E-state index contributed by atoms with van der Waals surface area (Å²) in [7, 11) is 1.65. The molecule has 4 aromatic rings. The molecule has 1 amide bonds. The molecule has 2 heterocycles. The van der Waals surface area contributed by atoms with Gasteiger partial charge >= 0.3 is 0 Å². The summed E-state index contributed by atoms with van der Waals surface area (Å²) in [4.78, 5) is 15.0. The number of tetrazole rings is 1. The lowest BCUT2D eigenvalue weighted by Gasteiger charge is -2.23. The largest absolute Gasteiger partial charge is 0.497 e. The van der Waals surface area contributed by atoms with Crippen LogP contribution in [0.4, 0.5) is 0 Å². The van der Waals surface area contributed by atoms with Crippen LogP contribution in [-0.4, -0.2) is 38.0 Å². The third-order valence-corrected chi connectivity index (χ3v) is 5.63. The molecule has 1 aliphatic carbocycles. The van der Waals surface area contributed by atoms with Crippen LogP contribution >= 0.6 is 0 Å². The van der Waals surface area contributed by atoms with E-state index in [9.17, 15) is 4.79 Å². The number of carbonyl (C=O) groups is 1. The van der Waals surface area contributed by atoms with Crippen molar-refractivity contribution in [1.29, 1.82) is 0 Å². The van der Waals surface area contributed by atoms with Crippen LogP contribution in [0.5, 0.6) is 5.75 Å². The van der Waals surface area contributed by atoms with Gasteiger partial charge in [0.25, 0.3) is 0 Å². The lowest BCUT2D eigenvalue weighted by atomic mass is 10.1. The van der Waals surface area contributed by atoms with Gasteiger partial charge in [-0.2, -0.15) is 4.52 Å². The van der Waals surface area contributed by atoms with Crippen molar-refractivity contribution >= 4 is 22.5 Å². The van der Waals surface area contributed by atoms with Gasteiger partial charge in [0.15, 0.2) is 5.65 Å². The average molecular weight is 401 g/mol. The number of aromatic nitrogens is 4. The fraction of sp³-hybridized carbons (Fsp3) is 0.304. The molecule has 0 unspecified atom stereocenters. The number of ether oxygens (including phenoxy) is 1. The Morgan fingerprint density at radius 2 is 1.93 bits per heavy atom. The Morgan fingerprint density at radius 1 is 1.13 bits per heavy atom. The fourth-order valence-electron chi connectivity index (χ4n) is 3.83. The van der Waals surface area contributed by atoms with Crippen LogP contribution in [0, 0.1) is 12.8 Å². The smallest absolute Gasteiger partial charge is 0.226 e. The number of hydrogen-bond donors (Lipinski definition) is 0. The number of rotatable bonds is 6. The van der Waals surface area contributed by atoms with Gasteiger partial charge in [-0.05, 0) is 65.6 Å². The second-order valence-corrected chi connectivity index (χ2v) is 7.96. The Hall–Kier alpha value is -3.48. The molecule has 7 heteroatoms. The first-order chi connectivity index (χ1) is 14.6. The Labute approximate surface area is 174 Å². The first kappa shape index (κ1) is 18.5. The number of amides is 1. The highest BCUT2D eigenvalue weighted by Gasteiger charge is 2.33. The van der Waals surface area contributed by atoms with E-state index in [2.05, 4.69) is 46.7 Å². The fourth-order valence-corrected chi connectivity index (χ4v) is 3.83. The number of methoxy groups -OCH3 is 1. The van der Waals surface area contributed by atoms with E-state index in [4.69, 9.17) is 4.74 Å². The van der Waals surface area contributed by atoms with Gasteiger partial charge < -0.3 is 9.64 Å². The molecular weight excluding hydrogens is 378 g/mol. The van der Waals surface area contributed by atoms with E-state index < -0.39 is 0 Å². The van der Waals surface area contributed by atoms with Gasteiger partial charge in [0, 0.05) is 30.0 Å². The van der Waals surface area contributed by atoms with Crippen LogP contribution in [0.1, 0.15) is 29.5 Å². The summed E-state index contributed by atoms with van der Waals surface area (Å²) < 4.78 is 7.02. The van der Waals surface area contributed by atoms with Crippen LogP contribution in [-0.2, 0) is 17.9 Å². The van der Waals surface area contributed by atoms with Crippen molar-refractivity contribution in [3.05, 3.63) is 65.2 Å². The highest BCUT2D eigenvalue weighted by molar-refractivity contribution is 5.84. The van der Waals surface area contributed by atoms with Gasteiger partial charge in [0.2, 0.25) is 5.91 Å². The van der Waals surface area contributed by atoms with Crippen LogP contribution in [0.15, 0.2) is 48.5 Å². The van der Waals surface area contributed by atoms with Crippen LogP contribution < -0.4 is 4.74 Å². The quantitative estimate of drug-likeness (QED) is 0.494. The Kier molecular flexibility index (Phi) is 4.58. The number of benzene rings is 2. The molecule has 1 aliphatic rings. The molecule has 152 valence electrons. The van der Waals surface area contributed by atoms with Crippen molar-refractivity contribution in [1.82, 2.24) is 24.9 Å². The van der Waals surface area contributed by atoms with Crippen LogP contribution in [0.3, 0.4) is 0 Å². The predicted octanol–water partition coefficient (Wildman–Crippen LogP) is 3.53. The normalized spacial score (nSPS) is 13.7. The van der Waals surface area contributed by atoms with E-state index in [-0.39, 0.29) is 11.8 Å². The lowest BCUT2D eigenvalue weighted by Crippen LogP contribution is -2.31. The topological polar surface area (TPSA) is 72.6 Å². The van der Waals surface area contributed by atoms with E-state index >= 15 is 0 Å². The number of aryl methyl sites for hydroxylation is 1. The summed E-state index contributed by atoms with van der Waals surface area (Å²) in [5.74, 6) is 1.14. The summed E-state index contributed by atoms with van der Waals surface area (Å²) in [6, 6.07) is 16.2. The molecule has 7 nitrogen and oxygen atoms in total. The molecule has 0 N–H and O–H groups in total. The molecule has 0 spiro atoms. The van der Waals surface area contributed by atoms with Crippen molar-refractivity contribution in [2.75, 3.05) is 7.11 Å². The average Bonchev–Trinajstić information content (AvgIpc) is 3.49. The third-order valence-electron chi connectivity index (χ3n) is 5.63. The SMILES string of the molecule is COc1ccc(CN(Cc2cc3ccc(C)cc3n3nnnc23)C(=O)C2CC2)cc1. The molecule has 0 atom stereocenters. The molecule has 2 aromatic carbocycles. The number of fused-ring (bicyclic) bond motifs is 3. The zero-order valence-corrected chi connectivity index (χ0v) is 17.1. The molecule has 2 aromatic heterocycles. The molecule has 5 rings (SSSR count). The Bertz CT molecular complexity index is 1230. The third kappa shape index (κ3) is 3.47. The van der Waals surface area contributed by atoms with E-state index in [1.807, 2.05) is 29.2 Å². The second kappa shape index (κ2) is 7.40. The molecule has 1 fully saturated rings. The van der Waals surface area contributed by atoms with E-state index in [0.29, 0.717) is 18.7 Å². The summed E-state index contributed by atoms with van der Waals surface area (Å²) in [5.41, 5.74) is 4.82. The van der Waals surface area contributed by atoms with Gasteiger partial charge in [-0.25, -0.2) is 0 Å². The number of nitrogens with zero attached hydrogens (tertiary/aromatic N) is 5. The maximum Gasteiger partial charge on any atom is 0.226 e.